The summed E-state index contributed by atoms with van der Waals surface area (Å²) in [5.74, 6) is 0.270. The minimum Gasteiger partial charge on any atom is -0.496 e. The summed E-state index contributed by atoms with van der Waals surface area (Å²) in [5.41, 5.74) is -1.95. The van der Waals surface area contributed by atoms with Gasteiger partial charge in [-0.25, -0.2) is 9.59 Å². The molecule has 1 aromatic carbocycles. The van der Waals surface area contributed by atoms with Crippen LogP contribution in [0.2, 0.25) is 0 Å². The van der Waals surface area contributed by atoms with Crippen molar-refractivity contribution >= 4 is 29.8 Å². The van der Waals surface area contributed by atoms with Crippen LogP contribution in [0.4, 0.5) is 9.59 Å². The predicted octanol–water partition coefficient (Wildman–Crippen LogP) is 3.72. The molecule has 1 fully saturated rings. The van der Waals surface area contributed by atoms with Crippen LogP contribution >= 0.6 is 11.8 Å². The van der Waals surface area contributed by atoms with Crippen LogP contribution < -0.4 is 4.74 Å². The summed E-state index contributed by atoms with van der Waals surface area (Å²) >= 11 is 1.35. The van der Waals surface area contributed by atoms with Crippen LogP contribution in [0.1, 0.15) is 34.6 Å². The van der Waals surface area contributed by atoms with Gasteiger partial charge in [0.25, 0.3) is 5.91 Å². The van der Waals surface area contributed by atoms with Crippen molar-refractivity contribution in [2.24, 2.45) is 0 Å². The molecule has 0 aliphatic carbocycles. The average molecular weight is 380 g/mol. The number of carbonyl (C=O) groups excluding carboxylic acids is 3. The number of imide groups is 3. The van der Waals surface area contributed by atoms with Gasteiger partial charge < -0.3 is 14.4 Å². The number of hydrogen-bond acceptors (Lipinski definition) is 6. The summed E-state index contributed by atoms with van der Waals surface area (Å²) < 4.78 is 10.5. The highest BCUT2D eigenvalue weighted by Crippen LogP contribution is 2.35. The summed E-state index contributed by atoms with van der Waals surface area (Å²) in [5, 5.41) is 0. The Morgan fingerprint density at radius 1 is 1.19 bits per heavy atom. The zero-order chi connectivity index (χ0) is 19.7. The van der Waals surface area contributed by atoms with Gasteiger partial charge in [0.1, 0.15) is 16.9 Å². The van der Waals surface area contributed by atoms with Crippen molar-refractivity contribution in [3.05, 3.63) is 24.3 Å². The average Bonchev–Trinajstić information content (AvgIpc) is 2.69. The lowest BCUT2D eigenvalue weighted by atomic mass is 10.1. The second-order valence-corrected chi connectivity index (χ2v) is 8.30. The van der Waals surface area contributed by atoms with Gasteiger partial charge in [-0.15, -0.1) is 11.8 Å². The Kier molecular flexibility index (Phi) is 5.55. The fourth-order valence-electron chi connectivity index (χ4n) is 2.39. The third kappa shape index (κ3) is 3.95. The van der Waals surface area contributed by atoms with E-state index in [1.54, 1.807) is 41.7 Å². The third-order valence-electron chi connectivity index (χ3n) is 3.82. The van der Waals surface area contributed by atoms with E-state index < -0.39 is 29.2 Å². The maximum Gasteiger partial charge on any atom is 0.425 e. The Morgan fingerprint density at radius 2 is 1.81 bits per heavy atom. The fraction of sp³-hybridized carbons (Fsp3) is 0.500. The Balaban J connectivity index is 2.20. The predicted molar refractivity (Wildman–Crippen MR) is 98.1 cm³/mol. The van der Waals surface area contributed by atoms with Crippen molar-refractivity contribution in [1.82, 2.24) is 9.80 Å². The molecule has 2 rings (SSSR count). The molecule has 142 valence electrons. The number of rotatable bonds is 4. The van der Waals surface area contributed by atoms with Crippen LogP contribution in [0.3, 0.4) is 0 Å². The molecule has 0 aromatic heterocycles. The molecule has 1 aromatic rings. The van der Waals surface area contributed by atoms with Crippen LogP contribution in [0.15, 0.2) is 29.2 Å². The first-order valence-electron chi connectivity index (χ1n) is 8.14. The summed E-state index contributed by atoms with van der Waals surface area (Å²) in [7, 11) is 1.57. The molecule has 8 heteroatoms. The lowest BCUT2D eigenvalue weighted by molar-refractivity contribution is -0.131. The highest BCUT2D eigenvalue weighted by molar-refractivity contribution is 7.99. The van der Waals surface area contributed by atoms with E-state index in [0.717, 1.165) is 4.90 Å². The fourth-order valence-corrected chi connectivity index (χ4v) is 3.56. The lowest BCUT2D eigenvalue weighted by Crippen LogP contribution is -2.44. The molecular weight excluding hydrogens is 356 g/mol. The summed E-state index contributed by atoms with van der Waals surface area (Å²) in [6.45, 7) is 8.25. The van der Waals surface area contributed by atoms with Gasteiger partial charge in [0, 0.05) is 0 Å². The first-order chi connectivity index (χ1) is 12.0. The van der Waals surface area contributed by atoms with Gasteiger partial charge in [-0.3, -0.25) is 4.79 Å². The molecule has 7 nitrogen and oxygen atoms in total. The van der Waals surface area contributed by atoms with Crippen molar-refractivity contribution in [2.75, 3.05) is 13.0 Å². The van der Waals surface area contributed by atoms with Crippen LogP contribution in [-0.2, 0) is 9.53 Å². The largest absolute Gasteiger partial charge is 0.496 e. The topological polar surface area (TPSA) is 76.2 Å². The van der Waals surface area contributed by atoms with Crippen LogP contribution in [0.5, 0.6) is 5.75 Å². The SMILES string of the molecule is COc1ccccc1SCN1C(=O)N(C(=O)OC(C)(C)C)C(=O)C1(C)C. The molecule has 1 aliphatic rings. The van der Waals surface area contributed by atoms with Gasteiger partial charge in [-0.05, 0) is 46.8 Å². The van der Waals surface area contributed by atoms with Gasteiger partial charge in [0.05, 0.1) is 17.9 Å². The first-order valence-corrected chi connectivity index (χ1v) is 9.12. The molecule has 0 radical (unpaired) electrons. The van der Waals surface area contributed by atoms with E-state index in [2.05, 4.69) is 0 Å². The molecule has 1 saturated heterocycles. The molecule has 4 amide bonds. The van der Waals surface area contributed by atoms with Crippen LogP contribution in [0.25, 0.3) is 0 Å². The van der Waals surface area contributed by atoms with E-state index in [-0.39, 0.29) is 5.88 Å². The summed E-state index contributed by atoms with van der Waals surface area (Å²) in [6.07, 6.45) is -0.953. The number of amides is 4. The number of urea groups is 1. The molecule has 26 heavy (non-hydrogen) atoms. The maximum atomic E-state index is 12.7. The smallest absolute Gasteiger partial charge is 0.425 e. The van der Waals surface area contributed by atoms with Crippen molar-refractivity contribution in [2.45, 2.75) is 50.7 Å². The van der Waals surface area contributed by atoms with Gasteiger partial charge in [-0.1, -0.05) is 12.1 Å². The molecule has 0 saturated carbocycles. The number of ether oxygens (including phenoxy) is 2. The second kappa shape index (κ2) is 7.19. The zero-order valence-corrected chi connectivity index (χ0v) is 16.7. The van der Waals surface area contributed by atoms with Crippen LogP contribution in [0, 0.1) is 0 Å². The maximum absolute atomic E-state index is 12.7. The molecule has 0 atom stereocenters. The van der Waals surface area contributed by atoms with Crippen molar-refractivity contribution < 1.29 is 23.9 Å². The Labute approximate surface area is 157 Å². The van der Waals surface area contributed by atoms with Gasteiger partial charge in [-0.2, -0.15) is 4.90 Å². The highest BCUT2D eigenvalue weighted by atomic mass is 32.2. The van der Waals surface area contributed by atoms with E-state index in [0.29, 0.717) is 10.6 Å². The number of nitrogens with zero attached hydrogens (tertiary/aromatic N) is 2. The number of carbonyl (C=O) groups is 3. The number of hydrogen-bond donors (Lipinski definition) is 0. The van der Waals surface area contributed by atoms with E-state index in [4.69, 9.17) is 9.47 Å². The van der Waals surface area contributed by atoms with E-state index in [9.17, 15) is 14.4 Å². The van der Waals surface area contributed by atoms with E-state index in [1.165, 1.54) is 16.7 Å². The van der Waals surface area contributed by atoms with Gasteiger partial charge in [0.2, 0.25) is 0 Å². The quantitative estimate of drug-likeness (QED) is 0.585. The Hall–Kier alpha value is -2.22. The Bertz CT molecular complexity index is 727. The molecule has 1 aliphatic heterocycles. The highest BCUT2D eigenvalue weighted by Gasteiger charge is 2.54. The third-order valence-corrected chi connectivity index (χ3v) is 4.85. The van der Waals surface area contributed by atoms with Crippen molar-refractivity contribution in [1.29, 1.82) is 0 Å². The van der Waals surface area contributed by atoms with E-state index in [1.807, 2.05) is 24.3 Å². The molecule has 0 N–H and O–H groups in total. The number of para-hydroxylation sites is 1. The van der Waals surface area contributed by atoms with Gasteiger partial charge >= 0.3 is 12.1 Å². The Morgan fingerprint density at radius 3 is 2.38 bits per heavy atom. The molecule has 0 spiro atoms. The standard InChI is InChI=1S/C18H24N2O5S/c1-17(2,3)25-16(23)20-14(21)18(4,5)19(15(20)22)11-26-13-10-8-7-9-12(13)24-6/h7-10H,11H2,1-6H3. The molecule has 1 heterocycles. The van der Waals surface area contributed by atoms with Crippen molar-refractivity contribution in [3.63, 3.8) is 0 Å². The lowest BCUT2D eigenvalue weighted by Gasteiger charge is -2.27. The molecule has 0 unspecified atom stereocenters. The summed E-state index contributed by atoms with van der Waals surface area (Å²) in [6, 6.07) is 6.71. The second-order valence-electron chi connectivity index (χ2n) is 7.31. The monoisotopic (exact) mass is 380 g/mol. The van der Waals surface area contributed by atoms with Crippen LogP contribution in [-0.4, -0.2) is 52.0 Å². The number of methoxy groups -OCH3 is 1. The normalized spacial score (nSPS) is 16.8. The number of benzene rings is 1. The van der Waals surface area contributed by atoms with Gasteiger partial charge in [0.15, 0.2) is 0 Å². The minimum atomic E-state index is -1.15. The summed E-state index contributed by atoms with van der Waals surface area (Å²) in [4.78, 5) is 40.4. The van der Waals surface area contributed by atoms with E-state index >= 15 is 0 Å². The first kappa shape index (κ1) is 20.1. The number of thioether (sulfide) groups is 1. The molecule has 0 bridgehead atoms. The molecular formula is C18H24N2O5S. The zero-order valence-electron chi connectivity index (χ0n) is 15.9. The van der Waals surface area contributed by atoms with Crippen molar-refractivity contribution in [3.8, 4) is 5.75 Å². The minimum absolute atomic E-state index is 0.192.